The van der Waals surface area contributed by atoms with E-state index in [4.69, 9.17) is 16.3 Å². The van der Waals surface area contributed by atoms with Crippen molar-refractivity contribution in [1.82, 2.24) is 5.32 Å². The highest BCUT2D eigenvalue weighted by molar-refractivity contribution is 6.34. The largest absolute Gasteiger partial charge is 0.481 e. The highest BCUT2D eigenvalue weighted by Crippen LogP contribution is 2.25. The van der Waals surface area contributed by atoms with E-state index < -0.39 is 22.7 Å². The number of carboxylic acids is 1. The maximum absolute atomic E-state index is 12.2. The van der Waals surface area contributed by atoms with Gasteiger partial charge in [0, 0.05) is 31.9 Å². The summed E-state index contributed by atoms with van der Waals surface area (Å²) in [4.78, 5) is 33.7. The topological polar surface area (TPSA) is 119 Å². The molecule has 0 bridgehead atoms. The summed E-state index contributed by atoms with van der Waals surface area (Å²) < 4.78 is 5.22. The van der Waals surface area contributed by atoms with Crippen molar-refractivity contribution in [1.29, 1.82) is 0 Å². The van der Waals surface area contributed by atoms with Crippen LogP contribution in [0.5, 0.6) is 0 Å². The lowest BCUT2D eigenvalue weighted by Crippen LogP contribution is -2.39. The number of rotatable bonds is 6. The molecule has 1 aromatic carbocycles. The average Bonchev–Trinajstić information content (AvgIpc) is 2.55. The predicted octanol–water partition coefficient (Wildman–Crippen LogP) is 2.11. The number of carboxylic acid groups (broad SMARTS) is 1. The molecule has 1 aromatic rings. The lowest BCUT2D eigenvalue weighted by molar-refractivity contribution is -0.384. The van der Waals surface area contributed by atoms with Crippen molar-refractivity contribution >= 4 is 29.2 Å². The van der Waals surface area contributed by atoms with Crippen LogP contribution in [0.4, 0.5) is 5.69 Å². The number of nitrogens with one attached hydrogen (secondary N) is 1. The molecule has 0 aromatic heterocycles. The summed E-state index contributed by atoms with van der Waals surface area (Å²) >= 11 is 5.90. The molecule has 0 spiro atoms. The molecule has 1 saturated heterocycles. The number of nitro groups is 1. The van der Waals surface area contributed by atoms with E-state index in [1.54, 1.807) is 0 Å². The van der Waals surface area contributed by atoms with Gasteiger partial charge in [-0.1, -0.05) is 11.6 Å². The van der Waals surface area contributed by atoms with Crippen LogP contribution in [-0.2, 0) is 9.53 Å². The van der Waals surface area contributed by atoms with Crippen molar-refractivity contribution in [2.24, 2.45) is 11.8 Å². The Morgan fingerprint density at radius 3 is 2.62 bits per heavy atom. The molecule has 1 amide bonds. The molecule has 1 aliphatic rings. The second-order valence-electron chi connectivity index (χ2n) is 5.53. The molecule has 8 nitrogen and oxygen atoms in total. The number of carbonyl (C=O) groups is 2. The number of nitro benzene ring substituents is 1. The Balaban J connectivity index is 2.02. The monoisotopic (exact) mass is 356 g/mol. The summed E-state index contributed by atoms with van der Waals surface area (Å²) in [6.07, 6.45) is 1.26. The van der Waals surface area contributed by atoms with Crippen molar-refractivity contribution in [3.63, 3.8) is 0 Å². The van der Waals surface area contributed by atoms with Crippen molar-refractivity contribution in [2.75, 3.05) is 19.8 Å². The summed E-state index contributed by atoms with van der Waals surface area (Å²) in [6, 6.07) is 3.51. The second kappa shape index (κ2) is 8.07. The van der Waals surface area contributed by atoms with Gasteiger partial charge in [-0.15, -0.1) is 0 Å². The minimum Gasteiger partial charge on any atom is -0.481 e. The predicted molar refractivity (Wildman–Crippen MR) is 85.1 cm³/mol. The molecular weight excluding hydrogens is 340 g/mol. The maximum atomic E-state index is 12.2. The molecule has 2 rings (SSSR count). The minimum atomic E-state index is -0.975. The van der Waals surface area contributed by atoms with E-state index in [1.165, 1.54) is 12.1 Å². The number of amides is 1. The van der Waals surface area contributed by atoms with E-state index in [9.17, 15) is 24.8 Å². The first-order valence-electron chi connectivity index (χ1n) is 7.43. The quantitative estimate of drug-likeness (QED) is 0.595. The SMILES string of the molecule is O=C(NCC(C(=O)O)C1CCOCC1)c1ccc([N+](=O)[O-])cc1Cl. The van der Waals surface area contributed by atoms with Gasteiger partial charge in [0.25, 0.3) is 11.6 Å². The Hall–Kier alpha value is -2.19. The van der Waals surface area contributed by atoms with Crippen LogP contribution in [0.2, 0.25) is 5.02 Å². The summed E-state index contributed by atoms with van der Waals surface area (Å²) in [7, 11) is 0. The van der Waals surface area contributed by atoms with Gasteiger partial charge in [-0.25, -0.2) is 0 Å². The molecule has 1 heterocycles. The van der Waals surface area contributed by atoms with Gasteiger partial charge < -0.3 is 15.2 Å². The van der Waals surface area contributed by atoms with Gasteiger partial charge >= 0.3 is 5.97 Å². The zero-order valence-corrected chi connectivity index (χ0v) is 13.5. The van der Waals surface area contributed by atoms with E-state index >= 15 is 0 Å². The third kappa shape index (κ3) is 4.42. The van der Waals surface area contributed by atoms with Gasteiger partial charge in [-0.3, -0.25) is 19.7 Å². The van der Waals surface area contributed by atoms with Crippen LogP contribution < -0.4 is 5.32 Å². The summed E-state index contributed by atoms with van der Waals surface area (Å²) in [5, 5.41) is 22.5. The molecule has 1 unspecified atom stereocenters. The highest BCUT2D eigenvalue weighted by atomic mass is 35.5. The third-order valence-corrected chi connectivity index (χ3v) is 4.36. The van der Waals surface area contributed by atoms with E-state index in [2.05, 4.69) is 5.32 Å². The molecular formula is C15H17ClN2O6. The van der Waals surface area contributed by atoms with Gasteiger partial charge in [0.1, 0.15) is 0 Å². The van der Waals surface area contributed by atoms with E-state index in [0.29, 0.717) is 26.1 Å². The minimum absolute atomic E-state index is 0.0356. The van der Waals surface area contributed by atoms with Crippen LogP contribution in [0.3, 0.4) is 0 Å². The van der Waals surface area contributed by atoms with Gasteiger partial charge in [-0.05, 0) is 24.8 Å². The Morgan fingerprint density at radius 2 is 2.08 bits per heavy atom. The Morgan fingerprint density at radius 1 is 1.42 bits per heavy atom. The number of hydrogen-bond donors (Lipinski definition) is 2. The van der Waals surface area contributed by atoms with Crippen molar-refractivity contribution in [3.8, 4) is 0 Å². The van der Waals surface area contributed by atoms with Crippen molar-refractivity contribution in [3.05, 3.63) is 38.9 Å². The number of ether oxygens (including phenoxy) is 1. The molecule has 1 atom stereocenters. The van der Waals surface area contributed by atoms with E-state index in [-0.39, 0.29) is 28.7 Å². The van der Waals surface area contributed by atoms with Crippen LogP contribution in [0, 0.1) is 22.0 Å². The molecule has 2 N–H and O–H groups in total. The standard InChI is InChI=1S/C15H17ClN2O6/c16-13-7-10(18(22)23)1-2-11(13)14(19)17-8-12(15(20)21)9-3-5-24-6-4-9/h1-2,7,9,12H,3-6,8H2,(H,17,19)(H,20,21). The molecule has 0 saturated carbocycles. The van der Waals surface area contributed by atoms with Gasteiger partial charge in [0.2, 0.25) is 0 Å². The van der Waals surface area contributed by atoms with Crippen LogP contribution in [0.15, 0.2) is 18.2 Å². The zero-order valence-electron chi connectivity index (χ0n) is 12.7. The maximum Gasteiger partial charge on any atom is 0.308 e. The molecule has 9 heteroatoms. The first kappa shape index (κ1) is 18.2. The van der Waals surface area contributed by atoms with E-state index in [0.717, 1.165) is 6.07 Å². The Bertz CT molecular complexity index is 645. The number of hydrogen-bond acceptors (Lipinski definition) is 5. The Labute approximate surface area is 142 Å². The fourth-order valence-electron chi connectivity index (χ4n) is 2.67. The number of carbonyl (C=O) groups excluding carboxylic acids is 1. The van der Waals surface area contributed by atoms with Gasteiger partial charge in [0.15, 0.2) is 0 Å². The van der Waals surface area contributed by atoms with Gasteiger partial charge in [0.05, 0.1) is 21.4 Å². The van der Waals surface area contributed by atoms with Crippen molar-refractivity contribution < 1.29 is 24.4 Å². The third-order valence-electron chi connectivity index (χ3n) is 4.04. The summed E-state index contributed by atoms with van der Waals surface area (Å²) in [5.74, 6) is -2.32. The second-order valence-corrected chi connectivity index (χ2v) is 5.93. The molecule has 130 valence electrons. The molecule has 0 aliphatic carbocycles. The van der Waals surface area contributed by atoms with Crippen LogP contribution in [0.25, 0.3) is 0 Å². The number of halogens is 1. The Kier molecular flexibility index (Phi) is 6.10. The first-order valence-corrected chi connectivity index (χ1v) is 7.80. The molecule has 1 fully saturated rings. The normalized spacial score (nSPS) is 16.4. The average molecular weight is 357 g/mol. The number of nitrogens with zero attached hydrogens (tertiary/aromatic N) is 1. The highest BCUT2D eigenvalue weighted by Gasteiger charge is 2.30. The lowest BCUT2D eigenvalue weighted by atomic mass is 9.86. The van der Waals surface area contributed by atoms with Gasteiger partial charge in [-0.2, -0.15) is 0 Å². The van der Waals surface area contributed by atoms with E-state index in [1.807, 2.05) is 0 Å². The molecule has 1 aliphatic heterocycles. The number of benzene rings is 1. The smallest absolute Gasteiger partial charge is 0.308 e. The fraction of sp³-hybridized carbons (Fsp3) is 0.467. The lowest BCUT2D eigenvalue weighted by Gasteiger charge is -2.27. The number of non-ortho nitro benzene ring substituents is 1. The molecule has 24 heavy (non-hydrogen) atoms. The number of aliphatic carboxylic acids is 1. The first-order chi connectivity index (χ1) is 11.4. The summed E-state index contributed by atoms with van der Waals surface area (Å²) in [5.41, 5.74) is -0.152. The molecule has 0 radical (unpaired) electrons. The van der Waals surface area contributed by atoms with Crippen LogP contribution in [0.1, 0.15) is 23.2 Å². The van der Waals surface area contributed by atoms with Crippen LogP contribution in [-0.4, -0.2) is 41.7 Å². The van der Waals surface area contributed by atoms with Crippen molar-refractivity contribution in [2.45, 2.75) is 12.8 Å². The summed E-state index contributed by atoms with van der Waals surface area (Å²) in [6.45, 7) is 0.985. The van der Waals surface area contributed by atoms with Crippen LogP contribution >= 0.6 is 11.6 Å². The fourth-order valence-corrected chi connectivity index (χ4v) is 2.93. The zero-order chi connectivity index (χ0) is 17.7.